The number of hydrogen-bond acceptors (Lipinski definition) is 3. The van der Waals surface area contributed by atoms with Gasteiger partial charge in [0.1, 0.15) is 0 Å². The molecule has 0 aromatic rings. The van der Waals surface area contributed by atoms with Crippen LogP contribution in [0.3, 0.4) is 0 Å². The topological polar surface area (TPSA) is 61.4 Å². The average molecular weight is 235 g/mol. The average Bonchev–Trinajstić information content (AvgIpc) is 2.65. The summed E-state index contributed by atoms with van der Waals surface area (Å²) in [6.45, 7) is 4.27. The van der Waals surface area contributed by atoms with E-state index in [2.05, 4.69) is 17.0 Å². The molecule has 1 atom stereocenters. The first kappa shape index (κ1) is 12.9. The highest BCUT2D eigenvalue weighted by Gasteiger charge is 2.23. The molecule has 0 amide bonds. The molecule has 0 unspecified atom stereocenters. The third-order valence-electron chi connectivity index (χ3n) is 2.61. The molecule has 15 heavy (non-hydrogen) atoms. The van der Waals surface area contributed by atoms with Crippen molar-refractivity contribution >= 4 is 10.2 Å². The van der Waals surface area contributed by atoms with Gasteiger partial charge in [-0.15, -0.1) is 0 Å². The summed E-state index contributed by atoms with van der Waals surface area (Å²) in [6.07, 6.45) is 2.78. The molecule has 6 heteroatoms. The summed E-state index contributed by atoms with van der Waals surface area (Å²) >= 11 is 0. The standard InChI is InChI=1S/C9H21N3O2S/c1-3-4-7-12(2)15(13,14)11-9-5-6-10-8-9/h9-11H,3-8H2,1-2H3/t9-/m0/s1. The lowest BCUT2D eigenvalue weighted by Crippen LogP contribution is -2.44. The third kappa shape index (κ3) is 4.06. The van der Waals surface area contributed by atoms with Gasteiger partial charge in [0.25, 0.3) is 10.2 Å². The lowest BCUT2D eigenvalue weighted by atomic mass is 10.3. The van der Waals surface area contributed by atoms with Gasteiger partial charge in [-0.3, -0.25) is 0 Å². The fraction of sp³-hybridized carbons (Fsp3) is 1.00. The van der Waals surface area contributed by atoms with Gasteiger partial charge in [-0.25, -0.2) is 0 Å². The summed E-state index contributed by atoms with van der Waals surface area (Å²) in [5.74, 6) is 0. The Bertz CT molecular complexity index is 273. The highest BCUT2D eigenvalue weighted by atomic mass is 32.2. The first-order valence-corrected chi connectivity index (χ1v) is 6.94. The minimum absolute atomic E-state index is 0.0547. The molecule has 1 aliphatic rings. The molecule has 1 saturated heterocycles. The molecule has 2 N–H and O–H groups in total. The largest absolute Gasteiger partial charge is 0.315 e. The fourth-order valence-electron chi connectivity index (χ4n) is 1.56. The van der Waals surface area contributed by atoms with Crippen molar-refractivity contribution in [2.45, 2.75) is 32.2 Å². The van der Waals surface area contributed by atoms with Gasteiger partial charge in [0.05, 0.1) is 0 Å². The molecule has 0 bridgehead atoms. The molecular formula is C9H21N3O2S. The smallest absolute Gasteiger partial charge is 0.279 e. The monoisotopic (exact) mass is 235 g/mol. The van der Waals surface area contributed by atoms with E-state index >= 15 is 0 Å². The van der Waals surface area contributed by atoms with Crippen LogP contribution in [-0.2, 0) is 10.2 Å². The number of rotatable bonds is 6. The molecule has 1 rings (SSSR count). The first-order chi connectivity index (χ1) is 7.06. The highest BCUT2D eigenvalue weighted by Crippen LogP contribution is 2.03. The molecule has 0 spiro atoms. The Balaban J connectivity index is 2.42. The van der Waals surface area contributed by atoms with Crippen molar-refractivity contribution in [1.29, 1.82) is 0 Å². The van der Waals surface area contributed by atoms with Crippen molar-refractivity contribution in [3.8, 4) is 0 Å². The van der Waals surface area contributed by atoms with Crippen LogP contribution in [0.2, 0.25) is 0 Å². The molecule has 0 radical (unpaired) electrons. The second-order valence-corrected chi connectivity index (χ2v) is 5.80. The molecule has 1 aliphatic heterocycles. The maximum Gasteiger partial charge on any atom is 0.279 e. The van der Waals surface area contributed by atoms with Gasteiger partial charge in [-0.1, -0.05) is 13.3 Å². The highest BCUT2D eigenvalue weighted by molar-refractivity contribution is 7.87. The van der Waals surface area contributed by atoms with E-state index in [-0.39, 0.29) is 6.04 Å². The van der Waals surface area contributed by atoms with Crippen LogP contribution in [0, 0.1) is 0 Å². The molecule has 0 aliphatic carbocycles. The van der Waals surface area contributed by atoms with Crippen LogP contribution in [0.4, 0.5) is 0 Å². The summed E-state index contributed by atoms with van der Waals surface area (Å²) in [6, 6.07) is 0.0547. The van der Waals surface area contributed by atoms with E-state index in [1.807, 2.05) is 0 Å². The minimum atomic E-state index is -3.27. The lowest BCUT2D eigenvalue weighted by molar-refractivity contribution is 0.440. The second kappa shape index (κ2) is 5.79. The Morgan fingerprint density at radius 1 is 1.53 bits per heavy atom. The Hall–Kier alpha value is -0.170. The van der Waals surface area contributed by atoms with Gasteiger partial charge < -0.3 is 5.32 Å². The van der Waals surface area contributed by atoms with Crippen molar-refractivity contribution < 1.29 is 8.42 Å². The second-order valence-electron chi connectivity index (χ2n) is 3.99. The van der Waals surface area contributed by atoms with Gasteiger partial charge in [0.15, 0.2) is 0 Å². The van der Waals surface area contributed by atoms with Gasteiger partial charge in [-0.05, 0) is 19.4 Å². The molecule has 1 fully saturated rings. The maximum atomic E-state index is 11.8. The van der Waals surface area contributed by atoms with Crippen LogP contribution in [-0.4, -0.2) is 45.4 Å². The molecular weight excluding hydrogens is 214 g/mol. The summed E-state index contributed by atoms with van der Waals surface area (Å²) in [5.41, 5.74) is 0. The van der Waals surface area contributed by atoms with Gasteiger partial charge in [0.2, 0.25) is 0 Å². The summed E-state index contributed by atoms with van der Waals surface area (Å²) in [7, 11) is -1.65. The van der Waals surface area contributed by atoms with Crippen LogP contribution in [0.5, 0.6) is 0 Å². The van der Waals surface area contributed by atoms with Gasteiger partial charge in [-0.2, -0.15) is 17.4 Å². The normalized spacial score (nSPS) is 22.5. The molecule has 1 heterocycles. The maximum absolute atomic E-state index is 11.8. The van der Waals surface area contributed by atoms with Crippen LogP contribution in [0.15, 0.2) is 0 Å². The number of hydrogen-bond donors (Lipinski definition) is 2. The van der Waals surface area contributed by atoms with E-state index < -0.39 is 10.2 Å². The quantitative estimate of drug-likeness (QED) is 0.676. The molecule has 0 aromatic carbocycles. The number of nitrogens with zero attached hydrogens (tertiary/aromatic N) is 1. The predicted molar refractivity (Wildman–Crippen MR) is 60.9 cm³/mol. The van der Waals surface area contributed by atoms with E-state index in [0.717, 1.165) is 32.4 Å². The van der Waals surface area contributed by atoms with Gasteiger partial charge in [0, 0.05) is 26.2 Å². The Kier molecular flexibility index (Phi) is 4.98. The van der Waals surface area contributed by atoms with Crippen molar-refractivity contribution in [1.82, 2.24) is 14.3 Å². The zero-order valence-corrected chi connectivity index (χ0v) is 10.3. The van der Waals surface area contributed by atoms with E-state index in [9.17, 15) is 8.42 Å². The van der Waals surface area contributed by atoms with Gasteiger partial charge >= 0.3 is 0 Å². The summed E-state index contributed by atoms with van der Waals surface area (Å²) in [4.78, 5) is 0. The zero-order chi connectivity index (χ0) is 11.3. The SMILES string of the molecule is CCCCN(C)S(=O)(=O)N[C@H]1CCNC1. The molecule has 90 valence electrons. The van der Waals surface area contributed by atoms with Crippen molar-refractivity contribution in [2.24, 2.45) is 0 Å². The molecule has 5 nitrogen and oxygen atoms in total. The zero-order valence-electron chi connectivity index (χ0n) is 9.49. The summed E-state index contributed by atoms with van der Waals surface area (Å²) < 4.78 is 27.7. The van der Waals surface area contributed by atoms with E-state index in [4.69, 9.17) is 0 Å². The van der Waals surface area contributed by atoms with Crippen molar-refractivity contribution in [2.75, 3.05) is 26.7 Å². The Morgan fingerprint density at radius 2 is 2.27 bits per heavy atom. The number of unbranched alkanes of at least 4 members (excludes halogenated alkanes) is 1. The van der Waals surface area contributed by atoms with E-state index in [1.165, 1.54) is 4.31 Å². The molecule has 0 aromatic heterocycles. The van der Waals surface area contributed by atoms with Crippen LogP contribution in [0.25, 0.3) is 0 Å². The van der Waals surface area contributed by atoms with Crippen LogP contribution >= 0.6 is 0 Å². The van der Waals surface area contributed by atoms with Crippen molar-refractivity contribution in [3.05, 3.63) is 0 Å². The predicted octanol–water partition coefficient (Wildman–Crippen LogP) is -0.0854. The lowest BCUT2D eigenvalue weighted by Gasteiger charge is -2.20. The van der Waals surface area contributed by atoms with E-state index in [0.29, 0.717) is 6.54 Å². The Morgan fingerprint density at radius 3 is 2.80 bits per heavy atom. The molecule has 0 saturated carbocycles. The Labute approximate surface area is 92.4 Å². The van der Waals surface area contributed by atoms with Crippen molar-refractivity contribution in [3.63, 3.8) is 0 Å². The fourth-order valence-corrected chi connectivity index (χ4v) is 2.73. The summed E-state index contributed by atoms with van der Waals surface area (Å²) in [5, 5.41) is 3.13. The van der Waals surface area contributed by atoms with Crippen LogP contribution in [0.1, 0.15) is 26.2 Å². The van der Waals surface area contributed by atoms with Crippen LogP contribution < -0.4 is 10.0 Å². The first-order valence-electron chi connectivity index (χ1n) is 5.50. The minimum Gasteiger partial charge on any atom is -0.315 e. The van der Waals surface area contributed by atoms with E-state index in [1.54, 1.807) is 7.05 Å². The number of nitrogens with one attached hydrogen (secondary N) is 2. The third-order valence-corrected chi connectivity index (χ3v) is 4.25.